The van der Waals surface area contributed by atoms with Gasteiger partial charge in [0.1, 0.15) is 11.8 Å². The Balaban J connectivity index is 1.86. The second kappa shape index (κ2) is 6.24. The minimum atomic E-state index is -0.590. The first-order chi connectivity index (χ1) is 9.20. The molecule has 1 saturated carbocycles. The van der Waals surface area contributed by atoms with Crippen molar-refractivity contribution in [2.24, 2.45) is 11.7 Å². The molecule has 2 N–H and O–H groups in total. The molecule has 0 aliphatic heterocycles. The number of rotatable bonds is 6. The van der Waals surface area contributed by atoms with E-state index in [9.17, 15) is 4.79 Å². The van der Waals surface area contributed by atoms with Gasteiger partial charge in [0, 0.05) is 0 Å². The van der Waals surface area contributed by atoms with Crippen LogP contribution in [0.15, 0.2) is 18.2 Å². The van der Waals surface area contributed by atoms with Crippen LogP contribution < -0.4 is 10.5 Å². The van der Waals surface area contributed by atoms with Crippen molar-refractivity contribution >= 4 is 5.91 Å². The number of amides is 1. The van der Waals surface area contributed by atoms with E-state index >= 15 is 0 Å². The van der Waals surface area contributed by atoms with Gasteiger partial charge in [0.2, 0.25) is 5.91 Å². The predicted octanol–water partition coefficient (Wildman–Crippen LogP) is 2.62. The molecule has 0 heterocycles. The summed E-state index contributed by atoms with van der Waals surface area (Å²) in [4.78, 5) is 11.1. The van der Waals surface area contributed by atoms with Crippen LogP contribution >= 0.6 is 0 Å². The Labute approximate surface area is 113 Å². The summed E-state index contributed by atoms with van der Waals surface area (Å²) in [5.41, 5.74) is 5.69. The molecule has 1 aromatic rings. The molecule has 100 valence electrons. The third-order valence-electron chi connectivity index (χ3n) is 3.63. The molecule has 0 unspecified atom stereocenters. The molecule has 0 aromatic heterocycles. The maximum Gasteiger partial charge on any atom is 0.250 e. The number of hydrogen-bond acceptors (Lipinski definition) is 3. The fourth-order valence-electron chi connectivity index (χ4n) is 2.26. The van der Waals surface area contributed by atoms with Gasteiger partial charge in [-0.1, -0.05) is 19.3 Å². The second-order valence-corrected chi connectivity index (χ2v) is 4.97. The predicted molar refractivity (Wildman–Crippen MR) is 71.7 cm³/mol. The van der Waals surface area contributed by atoms with Gasteiger partial charge in [-0.2, -0.15) is 5.26 Å². The summed E-state index contributed by atoms with van der Waals surface area (Å²) in [6.45, 7) is 0.650. The molecule has 0 bridgehead atoms. The first-order valence-corrected chi connectivity index (χ1v) is 6.67. The van der Waals surface area contributed by atoms with Crippen LogP contribution in [0, 0.1) is 17.2 Å². The molecular formula is C15H18N2O2. The van der Waals surface area contributed by atoms with E-state index in [1.165, 1.54) is 25.7 Å². The molecule has 2 rings (SSSR count). The van der Waals surface area contributed by atoms with Crippen molar-refractivity contribution in [1.29, 1.82) is 5.26 Å². The van der Waals surface area contributed by atoms with Crippen molar-refractivity contribution < 1.29 is 9.53 Å². The van der Waals surface area contributed by atoms with Crippen molar-refractivity contribution in [1.82, 2.24) is 0 Å². The molecule has 4 nitrogen and oxygen atoms in total. The molecule has 0 radical (unpaired) electrons. The van der Waals surface area contributed by atoms with Gasteiger partial charge in [-0.25, -0.2) is 0 Å². The summed E-state index contributed by atoms with van der Waals surface area (Å²) >= 11 is 0. The van der Waals surface area contributed by atoms with Gasteiger partial charge in [0.25, 0.3) is 0 Å². The summed E-state index contributed by atoms with van der Waals surface area (Å²) in [7, 11) is 0. The first kappa shape index (κ1) is 13.4. The van der Waals surface area contributed by atoms with Crippen LogP contribution in [-0.4, -0.2) is 12.5 Å². The maximum atomic E-state index is 11.1. The third-order valence-corrected chi connectivity index (χ3v) is 3.63. The molecule has 1 amide bonds. The Hall–Kier alpha value is -2.02. The lowest BCUT2D eigenvalue weighted by Gasteiger charge is -2.24. The summed E-state index contributed by atoms with van der Waals surface area (Å²) in [6, 6.07) is 6.76. The summed E-state index contributed by atoms with van der Waals surface area (Å²) in [6.07, 6.45) is 6.32. The minimum absolute atomic E-state index is 0.240. The van der Waals surface area contributed by atoms with Crippen molar-refractivity contribution in [2.75, 3.05) is 6.61 Å². The van der Waals surface area contributed by atoms with Crippen molar-refractivity contribution in [3.63, 3.8) is 0 Å². The Morgan fingerprint density at radius 1 is 1.47 bits per heavy atom. The average molecular weight is 258 g/mol. The molecule has 1 aliphatic rings. The number of benzene rings is 1. The number of nitrogens with two attached hydrogens (primary N) is 1. The SMILES string of the molecule is N#Cc1cc(OCCCC2CCC2)ccc1C(N)=O. The van der Waals surface area contributed by atoms with Gasteiger partial charge in [0.15, 0.2) is 0 Å². The summed E-state index contributed by atoms with van der Waals surface area (Å²) in [5, 5.41) is 8.96. The largest absolute Gasteiger partial charge is 0.494 e. The van der Waals surface area contributed by atoms with Gasteiger partial charge in [-0.3, -0.25) is 4.79 Å². The minimum Gasteiger partial charge on any atom is -0.494 e. The molecule has 1 fully saturated rings. The van der Waals surface area contributed by atoms with Crippen LogP contribution in [0.25, 0.3) is 0 Å². The van der Waals surface area contributed by atoms with E-state index < -0.39 is 5.91 Å². The lowest BCUT2D eigenvalue weighted by atomic mass is 9.82. The zero-order chi connectivity index (χ0) is 13.7. The van der Waals surface area contributed by atoms with Gasteiger partial charge >= 0.3 is 0 Å². The van der Waals surface area contributed by atoms with Crippen LogP contribution in [0.2, 0.25) is 0 Å². The van der Waals surface area contributed by atoms with E-state index in [1.54, 1.807) is 18.2 Å². The van der Waals surface area contributed by atoms with E-state index in [4.69, 9.17) is 15.7 Å². The number of ether oxygens (including phenoxy) is 1. The molecule has 0 atom stereocenters. The van der Waals surface area contributed by atoms with Gasteiger partial charge in [0.05, 0.1) is 17.7 Å². The topological polar surface area (TPSA) is 76.1 Å². The highest BCUT2D eigenvalue weighted by molar-refractivity contribution is 5.95. The van der Waals surface area contributed by atoms with Crippen molar-refractivity contribution in [3.05, 3.63) is 29.3 Å². The number of nitriles is 1. The molecule has 0 saturated heterocycles. The Morgan fingerprint density at radius 2 is 2.26 bits per heavy atom. The monoisotopic (exact) mass is 258 g/mol. The molecular weight excluding hydrogens is 240 g/mol. The fraction of sp³-hybridized carbons (Fsp3) is 0.467. The number of carbonyl (C=O) groups excluding carboxylic acids is 1. The molecule has 1 aromatic carbocycles. The maximum absolute atomic E-state index is 11.1. The third kappa shape index (κ3) is 3.47. The van der Waals surface area contributed by atoms with Crippen LogP contribution in [0.4, 0.5) is 0 Å². The number of nitrogens with zero attached hydrogens (tertiary/aromatic N) is 1. The second-order valence-electron chi connectivity index (χ2n) is 4.97. The number of primary amides is 1. The van der Waals surface area contributed by atoms with Crippen LogP contribution in [0.1, 0.15) is 48.0 Å². The van der Waals surface area contributed by atoms with Crippen LogP contribution in [-0.2, 0) is 0 Å². The highest BCUT2D eigenvalue weighted by Gasteiger charge is 2.16. The molecule has 0 spiro atoms. The van der Waals surface area contributed by atoms with E-state index in [1.807, 2.05) is 6.07 Å². The van der Waals surface area contributed by atoms with Gasteiger partial charge in [-0.05, 0) is 37.0 Å². The van der Waals surface area contributed by atoms with Crippen molar-refractivity contribution in [3.8, 4) is 11.8 Å². The highest BCUT2D eigenvalue weighted by Crippen LogP contribution is 2.30. The fourth-order valence-corrected chi connectivity index (χ4v) is 2.26. The first-order valence-electron chi connectivity index (χ1n) is 6.67. The van der Waals surface area contributed by atoms with Gasteiger partial charge < -0.3 is 10.5 Å². The summed E-state index contributed by atoms with van der Waals surface area (Å²) in [5.74, 6) is 0.916. The highest BCUT2D eigenvalue weighted by atomic mass is 16.5. The Kier molecular flexibility index (Phi) is 4.40. The van der Waals surface area contributed by atoms with E-state index in [0.717, 1.165) is 12.3 Å². The normalized spacial score (nSPS) is 14.5. The van der Waals surface area contributed by atoms with E-state index in [2.05, 4.69) is 0 Å². The zero-order valence-corrected chi connectivity index (χ0v) is 10.9. The standard InChI is InChI=1S/C15H18N2O2/c16-10-12-9-13(6-7-14(12)15(17)18)19-8-2-5-11-3-1-4-11/h6-7,9,11H,1-5,8H2,(H2,17,18). The lowest BCUT2D eigenvalue weighted by molar-refractivity contribution is 0.1000. The lowest BCUT2D eigenvalue weighted by Crippen LogP contribution is -2.13. The molecule has 1 aliphatic carbocycles. The van der Waals surface area contributed by atoms with Gasteiger partial charge in [-0.15, -0.1) is 0 Å². The van der Waals surface area contributed by atoms with E-state index in [-0.39, 0.29) is 11.1 Å². The Morgan fingerprint density at radius 3 is 2.84 bits per heavy atom. The van der Waals surface area contributed by atoms with Crippen LogP contribution in [0.3, 0.4) is 0 Å². The molecule has 4 heteroatoms. The quantitative estimate of drug-likeness (QED) is 0.797. The number of hydrogen-bond donors (Lipinski definition) is 1. The summed E-state index contributed by atoms with van der Waals surface area (Å²) < 4.78 is 5.60. The number of carbonyl (C=O) groups is 1. The average Bonchev–Trinajstić information content (AvgIpc) is 2.35. The molecule has 19 heavy (non-hydrogen) atoms. The van der Waals surface area contributed by atoms with E-state index in [0.29, 0.717) is 12.4 Å². The van der Waals surface area contributed by atoms with Crippen LogP contribution in [0.5, 0.6) is 5.75 Å². The van der Waals surface area contributed by atoms with Crippen molar-refractivity contribution in [2.45, 2.75) is 32.1 Å². The Bertz CT molecular complexity index is 501. The smallest absolute Gasteiger partial charge is 0.250 e. The zero-order valence-electron chi connectivity index (χ0n) is 10.9.